The molecule has 0 aromatic heterocycles. The van der Waals surface area contributed by atoms with Crippen LogP contribution in [0.25, 0.3) is 0 Å². The molecule has 132 valence electrons. The van der Waals surface area contributed by atoms with Gasteiger partial charge in [-0.2, -0.15) is 0 Å². The van der Waals surface area contributed by atoms with E-state index in [1.165, 1.54) is 6.92 Å². The maximum Gasteiger partial charge on any atom is 0.224 e. The quantitative estimate of drug-likeness (QED) is 0.756. The average molecular weight is 352 g/mol. The summed E-state index contributed by atoms with van der Waals surface area (Å²) in [5.74, 6) is 0.226. The monoisotopic (exact) mass is 352 g/mol. The molecule has 1 N–H and O–H groups in total. The molecule has 1 aliphatic heterocycles. The fraction of sp³-hybridized carbons (Fsp3) is 0.529. The van der Waals surface area contributed by atoms with Gasteiger partial charge in [0.25, 0.3) is 0 Å². The van der Waals surface area contributed by atoms with Gasteiger partial charge in [0.2, 0.25) is 5.91 Å². The smallest absolute Gasteiger partial charge is 0.224 e. The van der Waals surface area contributed by atoms with Gasteiger partial charge in [-0.05, 0) is 44.5 Å². The number of carbonyl (C=O) groups is 2. The van der Waals surface area contributed by atoms with Crippen LogP contribution in [0, 0.1) is 0 Å². The summed E-state index contributed by atoms with van der Waals surface area (Å²) >= 11 is 0. The maximum absolute atomic E-state index is 12.4. The second-order valence-electron chi connectivity index (χ2n) is 6.05. The highest BCUT2D eigenvalue weighted by atomic mass is 32.2. The van der Waals surface area contributed by atoms with Gasteiger partial charge >= 0.3 is 0 Å². The van der Waals surface area contributed by atoms with Crippen LogP contribution in [0.3, 0.4) is 0 Å². The number of rotatable bonds is 7. The van der Waals surface area contributed by atoms with Crippen molar-refractivity contribution >= 4 is 27.2 Å². The van der Waals surface area contributed by atoms with Gasteiger partial charge in [-0.25, -0.2) is 8.42 Å². The first-order chi connectivity index (χ1) is 11.3. The van der Waals surface area contributed by atoms with Gasteiger partial charge in [0.05, 0.1) is 11.5 Å². The van der Waals surface area contributed by atoms with E-state index in [4.69, 9.17) is 0 Å². The van der Waals surface area contributed by atoms with Crippen LogP contribution in [-0.4, -0.2) is 55.6 Å². The Morgan fingerprint density at radius 3 is 2.42 bits per heavy atom. The third-order valence-corrected chi connectivity index (χ3v) is 6.02. The number of benzene rings is 1. The van der Waals surface area contributed by atoms with Crippen LogP contribution in [0.4, 0.5) is 5.69 Å². The number of amides is 1. The number of ketones is 1. The molecular weight excluding hydrogens is 328 g/mol. The SMILES string of the molecule is CCN(C(=O)CCNc1ccc(C(C)=O)cc1)C1CCS(=O)(=O)C1. The van der Waals surface area contributed by atoms with Gasteiger partial charge in [-0.1, -0.05) is 0 Å². The Hall–Kier alpha value is -1.89. The van der Waals surface area contributed by atoms with Crippen molar-refractivity contribution in [2.45, 2.75) is 32.7 Å². The molecule has 0 bridgehead atoms. The molecule has 0 radical (unpaired) electrons. The molecule has 1 heterocycles. The van der Waals surface area contributed by atoms with Gasteiger partial charge in [0, 0.05) is 36.8 Å². The first-order valence-electron chi connectivity index (χ1n) is 8.17. The largest absolute Gasteiger partial charge is 0.385 e. The molecule has 1 aromatic carbocycles. The predicted molar refractivity (Wildman–Crippen MR) is 94.0 cm³/mol. The maximum atomic E-state index is 12.4. The number of anilines is 1. The summed E-state index contributed by atoms with van der Waals surface area (Å²) in [7, 11) is -3.00. The van der Waals surface area contributed by atoms with Crippen molar-refractivity contribution in [3.8, 4) is 0 Å². The van der Waals surface area contributed by atoms with E-state index in [0.717, 1.165) is 5.69 Å². The molecule has 0 spiro atoms. The summed E-state index contributed by atoms with van der Waals surface area (Å²) in [6.07, 6.45) is 0.834. The first kappa shape index (κ1) is 18.4. The zero-order chi connectivity index (χ0) is 17.7. The molecule has 1 aromatic rings. The van der Waals surface area contributed by atoms with E-state index in [0.29, 0.717) is 31.5 Å². The molecule has 1 amide bonds. The van der Waals surface area contributed by atoms with E-state index >= 15 is 0 Å². The molecule has 6 nitrogen and oxygen atoms in total. The van der Waals surface area contributed by atoms with E-state index < -0.39 is 9.84 Å². The van der Waals surface area contributed by atoms with Crippen LogP contribution in [-0.2, 0) is 14.6 Å². The number of hydrogen-bond acceptors (Lipinski definition) is 5. The van der Waals surface area contributed by atoms with Gasteiger partial charge in [-0.15, -0.1) is 0 Å². The topological polar surface area (TPSA) is 83.6 Å². The summed E-state index contributed by atoms with van der Waals surface area (Å²) in [6, 6.07) is 6.91. The number of sulfone groups is 1. The van der Waals surface area contributed by atoms with Crippen LogP contribution >= 0.6 is 0 Å². The van der Waals surface area contributed by atoms with Crippen molar-refractivity contribution in [1.29, 1.82) is 0 Å². The number of carbonyl (C=O) groups excluding carboxylic acids is 2. The Labute approximate surface area is 143 Å². The molecule has 24 heavy (non-hydrogen) atoms. The van der Waals surface area contributed by atoms with E-state index in [1.807, 2.05) is 19.1 Å². The lowest BCUT2D eigenvalue weighted by Gasteiger charge is -2.27. The van der Waals surface area contributed by atoms with Crippen LogP contribution in [0.5, 0.6) is 0 Å². The third-order valence-electron chi connectivity index (χ3n) is 4.27. The highest BCUT2D eigenvalue weighted by molar-refractivity contribution is 7.91. The van der Waals surface area contributed by atoms with E-state index in [9.17, 15) is 18.0 Å². The van der Waals surface area contributed by atoms with Crippen molar-refractivity contribution in [2.24, 2.45) is 0 Å². The third kappa shape index (κ3) is 4.80. The second kappa shape index (κ2) is 7.79. The first-order valence-corrected chi connectivity index (χ1v) is 9.99. The number of hydrogen-bond donors (Lipinski definition) is 1. The molecule has 7 heteroatoms. The predicted octanol–water partition coefficient (Wildman–Crippen LogP) is 1.73. The molecule has 0 aliphatic carbocycles. The Morgan fingerprint density at radius 2 is 1.92 bits per heavy atom. The van der Waals surface area contributed by atoms with E-state index in [2.05, 4.69) is 5.32 Å². The van der Waals surface area contributed by atoms with E-state index in [1.54, 1.807) is 17.0 Å². The molecule has 2 rings (SSSR count). The van der Waals surface area contributed by atoms with Crippen molar-refractivity contribution in [2.75, 3.05) is 29.9 Å². The lowest BCUT2D eigenvalue weighted by Crippen LogP contribution is -2.41. The minimum atomic E-state index is -3.00. The van der Waals surface area contributed by atoms with Gasteiger partial charge in [-0.3, -0.25) is 9.59 Å². The average Bonchev–Trinajstić information content (AvgIpc) is 2.88. The highest BCUT2D eigenvalue weighted by Crippen LogP contribution is 2.18. The van der Waals surface area contributed by atoms with Crippen LogP contribution in [0.1, 0.15) is 37.0 Å². The summed E-state index contributed by atoms with van der Waals surface area (Å²) < 4.78 is 23.2. The van der Waals surface area contributed by atoms with Crippen molar-refractivity contribution < 1.29 is 18.0 Å². The fourth-order valence-corrected chi connectivity index (χ4v) is 4.67. The van der Waals surface area contributed by atoms with Gasteiger partial charge in [0.15, 0.2) is 15.6 Å². The van der Waals surface area contributed by atoms with Crippen molar-refractivity contribution in [3.05, 3.63) is 29.8 Å². The molecule has 1 atom stereocenters. The number of nitrogens with one attached hydrogen (secondary N) is 1. The Bertz CT molecular complexity index is 698. The molecule has 1 fully saturated rings. The Kier molecular flexibility index (Phi) is 5.99. The zero-order valence-corrected chi connectivity index (χ0v) is 14.9. The lowest BCUT2D eigenvalue weighted by atomic mass is 10.1. The van der Waals surface area contributed by atoms with Gasteiger partial charge < -0.3 is 10.2 Å². The Morgan fingerprint density at radius 1 is 1.25 bits per heavy atom. The van der Waals surface area contributed by atoms with Gasteiger partial charge in [0.1, 0.15) is 0 Å². The minimum absolute atomic E-state index is 0.0156. The Balaban J connectivity index is 1.84. The molecule has 0 saturated carbocycles. The number of Topliss-reactive ketones (excluding diaryl/α,β-unsaturated/α-hetero) is 1. The van der Waals surface area contributed by atoms with Crippen molar-refractivity contribution in [1.82, 2.24) is 4.90 Å². The summed E-state index contributed by atoms with van der Waals surface area (Å²) in [4.78, 5) is 25.3. The summed E-state index contributed by atoms with van der Waals surface area (Å²) in [5, 5.41) is 3.15. The zero-order valence-electron chi connectivity index (χ0n) is 14.1. The van der Waals surface area contributed by atoms with Crippen LogP contribution < -0.4 is 5.32 Å². The second-order valence-corrected chi connectivity index (χ2v) is 8.28. The molecule has 1 unspecified atom stereocenters. The fourth-order valence-electron chi connectivity index (χ4n) is 2.94. The normalized spacial score (nSPS) is 19.0. The van der Waals surface area contributed by atoms with Crippen LogP contribution in [0.15, 0.2) is 24.3 Å². The molecule has 1 saturated heterocycles. The number of nitrogens with zero attached hydrogens (tertiary/aromatic N) is 1. The van der Waals surface area contributed by atoms with Crippen LogP contribution in [0.2, 0.25) is 0 Å². The molecular formula is C17H24N2O4S. The molecule has 1 aliphatic rings. The minimum Gasteiger partial charge on any atom is -0.385 e. The summed E-state index contributed by atoms with van der Waals surface area (Å²) in [6.45, 7) is 4.38. The van der Waals surface area contributed by atoms with E-state index in [-0.39, 0.29) is 29.2 Å². The standard InChI is InChI=1S/C17H24N2O4S/c1-3-19(16-9-11-24(22,23)12-16)17(21)8-10-18-15-6-4-14(5-7-15)13(2)20/h4-7,16,18H,3,8-12H2,1-2H3. The highest BCUT2D eigenvalue weighted by Gasteiger charge is 2.33. The van der Waals surface area contributed by atoms with Crippen molar-refractivity contribution in [3.63, 3.8) is 0 Å². The summed E-state index contributed by atoms with van der Waals surface area (Å²) in [5.41, 5.74) is 1.50. The lowest BCUT2D eigenvalue weighted by molar-refractivity contribution is -0.132.